The van der Waals surface area contributed by atoms with Gasteiger partial charge in [0, 0.05) is 0 Å². The van der Waals surface area contributed by atoms with Crippen LogP contribution in [0.4, 0.5) is 0 Å². The van der Waals surface area contributed by atoms with Gasteiger partial charge in [-0.05, 0) is 124 Å². The van der Waals surface area contributed by atoms with Crippen LogP contribution in [0.15, 0.2) is 11.6 Å². The number of hydrogen-bond donors (Lipinski definition) is 3. The molecule has 0 unspecified atom stereocenters. The molecular formula is C30H52O3. The van der Waals surface area contributed by atoms with Gasteiger partial charge in [0.2, 0.25) is 0 Å². The first-order chi connectivity index (χ1) is 15.1. The zero-order valence-electron chi connectivity index (χ0n) is 22.7. The second-order valence-corrected chi connectivity index (χ2v) is 14.5. The monoisotopic (exact) mass is 460 g/mol. The molecule has 0 aromatic heterocycles. The highest BCUT2D eigenvalue weighted by molar-refractivity contribution is 5.20. The quantitative estimate of drug-likeness (QED) is 0.420. The average Bonchev–Trinajstić information content (AvgIpc) is 3.03. The van der Waals surface area contributed by atoms with Crippen LogP contribution in [-0.2, 0) is 0 Å². The normalized spacial score (nSPS) is 50.5. The van der Waals surface area contributed by atoms with E-state index in [1.165, 1.54) is 5.57 Å². The second kappa shape index (κ2) is 8.07. The summed E-state index contributed by atoms with van der Waals surface area (Å²) in [6, 6.07) is 0. The predicted octanol–water partition coefficient (Wildman–Crippen LogP) is 6.50. The SMILES string of the molecule is CC(C)=CCC[C@](C)(O)[C@H]1CC[C@]2(C)[C@@H]1C[C@@H](O)[C@@H]1[C@@]3(C)CC[C@H](O)C(C)(C)[C@H]3CC[C@]12C. The van der Waals surface area contributed by atoms with Crippen molar-refractivity contribution in [3.05, 3.63) is 11.6 Å². The number of hydrogen-bond acceptors (Lipinski definition) is 3. The Kier molecular flexibility index (Phi) is 6.28. The first-order valence-electron chi connectivity index (χ1n) is 13.8. The van der Waals surface area contributed by atoms with E-state index in [2.05, 4.69) is 61.5 Å². The lowest BCUT2D eigenvalue weighted by atomic mass is 9.35. The van der Waals surface area contributed by atoms with Gasteiger partial charge in [0.15, 0.2) is 0 Å². The number of aliphatic hydroxyl groups excluding tert-OH is 2. The van der Waals surface area contributed by atoms with E-state index < -0.39 is 5.60 Å². The van der Waals surface area contributed by atoms with Crippen molar-refractivity contribution in [2.24, 2.45) is 45.3 Å². The van der Waals surface area contributed by atoms with Gasteiger partial charge in [-0.2, -0.15) is 0 Å². The lowest BCUT2D eigenvalue weighted by Gasteiger charge is -2.70. The highest BCUT2D eigenvalue weighted by Gasteiger charge is 2.71. The van der Waals surface area contributed by atoms with Crippen LogP contribution >= 0.6 is 0 Å². The van der Waals surface area contributed by atoms with Crippen molar-refractivity contribution < 1.29 is 15.3 Å². The Labute approximate surface area is 203 Å². The fourth-order valence-corrected chi connectivity index (χ4v) is 10.4. The van der Waals surface area contributed by atoms with Crippen molar-refractivity contribution >= 4 is 0 Å². The van der Waals surface area contributed by atoms with Crippen LogP contribution in [0.1, 0.15) is 113 Å². The van der Waals surface area contributed by atoms with Gasteiger partial charge >= 0.3 is 0 Å². The molecule has 0 aromatic carbocycles. The minimum atomic E-state index is -0.685. The molecule has 4 rings (SSSR count). The molecule has 33 heavy (non-hydrogen) atoms. The van der Waals surface area contributed by atoms with E-state index in [0.717, 1.165) is 57.8 Å². The molecule has 3 nitrogen and oxygen atoms in total. The van der Waals surface area contributed by atoms with E-state index in [-0.39, 0.29) is 45.7 Å². The Morgan fingerprint density at radius 3 is 2.21 bits per heavy atom. The molecule has 10 atom stereocenters. The van der Waals surface area contributed by atoms with E-state index in [4.69, 9.17) is 0 Å². The van der Waals surface area contributed by atoms with Crippen LogP contribution in [-0.4, -0.2) is 33.1 Å². The van der Waals surface area contributed by atoms with Crippen LogP contribution in [0.5, 0.6) is 0 Å². The Morgan fingerprint density at radius 2 is 1.58 bits per heavy atom. The molecule has 4 fully saturated rings. The zero-order valence-corrected chi connectivity index (χ0v) is 22.7. The molecule has 0 bridgehead atoms. The lowest BCUT2D eigenvalue weighted by molar-refractivity contribution is -0.256. The third-order valence-corrected chi connectivity index (χ3v) is 12.3. The molecule has 0 saturated heterocycles. The summed E-state index contributed by atoms with van der Waals surface area (Å²) in [6.07, 6.45) is 10.6. The molecule has 0 radical (unpaired) electrons. The van der Waals surface area contributed by atoms with E-state index in [1.54, 1.807) is 0 Å². The van der Waals surface area contributed by atoms with Crippen molar-refractivity contribution in [2.45, 2.75) is 131 Å². The van der Waals surface area contributed by atoms with E-state index >= 15 is 0 Å². The van der Waals surface area contributed by atoms with Crippen LogP contribution in [0, 0.1) is 45.3 Å². The third-order valence-electron chi connectivity index (χ3n) is 12.3. The average molecular weight is 461 g/mol. The van der Waals surface area contributed by atoms with Gasteiger partial charge in [0.25, 0.3) is 0 Å². The van der Waals surface area contributed by atoms with Gasteiger partial charge in [0.1, 0.15) is 0 Å². The molecule has 4 saturated carbocycles. The topological polar surface area (TPSA) is 60.7 Å². The summed E-state index contributed by atoms with van der Waals surface area (Å²) in [4.78, 5) is 0. The summed E-state index contributed by atoms with van der Waals surface area (Å²) in [5.41, 5.74) is 0.817. The maximum atomic E-state index is 11.9. The Morgan fingerprint density at radius 1 is 0.939 bits per heavy atom. The molecular weight excluding hydrogens is 408 g/mol. The zero-order chi connectivity index (χ0) is 24.6. The molecule has 0 heterocycles. The first-order valence-corrected chi connectivity index (χ1v) is 13.8. The van der Waals surface area contributed by atoms with Crippen molar-refractivity contribution in [2.75, 3.05) is 0 Å². The van der Waals surface area contributed by atoms with E-state index in [0.29, 0.717) is 11.8 Å². The Bertz CT molecular complexity index is 779. The van der Waals surface area contributed by atoms with Crippen molar-refractivity contribution in [3.63, 3.8) is 0 Å². The Balaban J connectivity index is 1.66. The number of fused-ring (bicyclic) bond motifs is 5. The number of rotatable bonds is 4. The highest BCUT2D eigenvalue weighted by atomic mass is 16.3. The molecule has 190 valence electrons. The number of aliphatic hydroxyl groups is 3. The van der Waals surface area contributed by atoms with Gasteiger partial charge < -0.3 is 15.3 Å². The summed E-state index contributed by atoms with van der Waals surface area (Å²) in [7, 11) is 0. The molecule has 0 aliphatic heterocycles. The molecule has 3 heteroatoms. The molecule has 0 spiro atoms. The minimum absolute atomic E-state index is 0.0627. The second-order valence-electron chi connectivity index (χ2n) is 14.5. The van der Waals surface area contributed by atoms with Gasteiger partial charge in [-0.15, -0.1) is 0 Å². The van der Waals surface area contributed by atoms with Crippen LogP contribution in [0.3, 0.4) is 0 Å². The summed E-state index contributed by atoms with van der Waals surface area (Å²) in [6.45, 7) is 18.3. The van der Waals surface area contributed by atoms with Crippen molar-refractivity contribution in [1.82, 2.24) is 0 Å². The minimum Gasteiger partial charge on any atom is -0.393 e. The van der Waals surface area contributed by atoms with Crippen LogP contribution in [0.2, 0.25) is 0 Å². The first kappa shape index (κ1) is 25.7. The summed E-state index contributed by atoms with van der Waals surface area (Å²) < 4.78 is 0. The molecule has 3 N–H and O–H groups in total. The van der Waals surface area contributed by atoms with Crippen LogP contribution < -0.4 is 0 Å². The summed E-state index contributed by atoms with van der Waals surface area (Å²) in [5.74, 6) is 1.35. The lowest BCUT2D eigenvalue weighted by Crippen LogP contribution is -2.67. The summed E-state index contributed by atoms with van der Waals surface area (Å²) >= 11 is 0. The molecule has 0 aromatic rings. The Hall–Kier alpha value is -0.380. The van der Waals surface area contributed by atoms with Gasteiger partial charge in [-0.1, -0.05) is 46.3 Å². The van der Waals surface area contributed by atoms with Gasteiger partial charge in [-0.3, -0.25) is 0 Å². The molecule has 0 amide bonds. The smallest absolute Gasteiger partial charge is 0.0653 e. The van der Waals surface area contributed by atoms with E-state index in [1.807, 2.05) is 0 Å². The van der Waals surface area contributed by atoms with Gasteiger partial charge in [-0.25, -0.2) is 0 Å². The largest absolute Gasteiger partial charge is 0.393 e. The summed E-state index contributed by atoms with van der Waals surface area (Å²) in [5, 5.41) is 34.3. The fourth-order valence-electron chi connectivity index (χ4n) is 10.4. The third kappa shape index (κ3) is 3.61. The van der Waals surface area contributed by atoms with E-state index in [9.17, 15) is 15.3 Å². The standard InChI is InChI=1S/C30H52O3/c1-19(2)10-9-14-30(8,33)20-11-16-28(6)21(20)18-22(31)25-27(5)15-13-24(32)26(3,4)23(27)12-17-29(25,28)7/h10,20-25,31-33H,9,11-18H2,1-8H3/t20-,21+,22+,23+,24-,25+,27-,28+,29+,30-/m0/s1. The fraction of sp³-hybridized carbons (Fsp3) is 0.933. The van der Waals surface area contributed by atoms with Gasteiger partial charge in [0.05, 0.1) is 17.8 Å². The molecule has 4 aliphatic carbocycles. The highest BCUT2D eigenvalue weighted by Crippen LogP contribution is 2.75. The maximum Gasteiger partial charge on any atom is 0.0653 e. The van der Waals surface area contributed by atoms with Crippen molar-refractivity contribution in [1.29, 1.82) is 0 Å². The molecule has 4 aliphatic rings. The van der Waals surface area contributed by atoms with Crippen LogP contribution in [0.25, 0.3) is 0 Å². The maximum absolute atomic E-state index is 11.9. The number of allylic oxidation sites excluding steroid dienone is 2. The predicted molar refractivity (Wildman–Crippen MR) is 136 cm³/mol. The van der Waals surface area contributed by atoms with Crippen molar-refractivity contribution in [3.8, 4) is 0 Å².